The van der Waals surface area contributed by atoms with Crippen LogP contribution in [0.4, 0.5) is 0 Å². The zero-order chi connectivity index (χ0) is 23.1. The van der Waals surface area contributed by atoms with Crippen LogP contribution in [0.5, 0.6) is 0 Å². The molecule has 2 aromatic rings. The van der Waals surface area contributed by atoms with Gasteiger partial charge in [0.2, 0.25) is 0 Å². The zero-order valence-electron chi connectivity index (χ0n) is 19.8. The Balaban J connectivity index is 1.42. The molecule has 170 valence electrons. The number of amides is 1. The van der Waals surface area contributed by atoms with Crippen LogP contribution >= 0.6 is 0 Å². The molecule has 0 spiro atoms. The molecule has 2 aromatic heterocycles. The molecule has 5 heterocycles. The second kappa shape index (κ2) is 8.60. The number of fused-ring (bicyclic) bond motifs is 2. The summed E-state index contributed by atoms with van der Waals surface area (Å²) in [6.45, 7) is 10.7. The number of rotatable bonds is 3. The summed E-state index contributed by atoms with van der Waals surface area (Å²) >= 11 is 0. The summed E-state index contributed by atoms with van der Waals surface area (Å²) in [5.41, 5.74) is 6.49. The van der Waals surface area contributed by atoms with Gasteiger partial charge in [0.1, 0.15) is 0 Å². The SMILES string of the molecule is Cc1cn2nc(C3=CC(=O)N4C=C(C5CCN(C(C)C)CC5)C=C/C4=C\C=C3)cc2c(C)n1. The van der Waals surface area contributed by atoms with E-state index in [-0.39, 0.29) is 5.91 Å². The molecule has 0 N–H and O–H groups in total. The lowest BCUT2D eigenvalue weighted by molar-refractivity contribution is -0.122. The number of carbonyl (C=O) groups excluding carboxylic acids is 1. The third-order valence-corrected chi connectivity index (χ3v) is 6.85. The summed E-state index contributed by atoms with van der Waals surface area (Å²) in [5, 5.41) is 4.71. The van der Waals surface area contributed by atoms with Gasteiger partial charge in [0.15, 0.2) is 0 Å². The highest BCUT2D eigenvalue weighted by molar-refractivity contribution is 5.99. The van der Waals surface area contributed by atoms with Crippen LogP contribution in [0.15, 0.2) is 66.2 Å². The molecule has 1 amide bonds. The van der Waals surface area contributed by atoms with Gasteiger partial charge in [-0.15, -0.1) is 0 Å². The number of piperidine rings is 1. The van der Waals surface area contributed by atoms with Crippen LogP contribution < -0.4 is 0 Å². The van der Waals surface area contributed by atoms with Gasteiger partial charge in [-0.05, 0) is 83.3 Å². The van der Waals surface area contributed by atoms with Crippen molar-refractivity contribution in [1.82, 2.24) is 24.4 Å². The molecule has 0 atom stereocenters. The number of hydrogen-bond acceptors (Lipinski definition) is 4. The van der Waals surface area contributed by atoms with E-state index in [0.29, 0.717) is 12.0 Å². The molecule has 6 nitrogen and oxygen atoms in total. The van der Waals surface area contributed by atoms with Gasteiger partial charge in [-0.25, -0.2) is 4.52 Å². The molecule has 0 aliphatic carbocycles. The maximum atomic E-state index is 13.3. The van der Waals surface area contributed by atoms with E-state index in [0.717, 1.165) is 59.8 Å². The van der Waals surface area contributed by atoms with Crippen LogP contribution in [0.25, 0.3) is 11.1 Å². The molecular weight excluding hydrogens is 410 g/mol. The van der Waals surface area contributed by atoms with Crippen molar-refractivity contribution in [2.45, 2.75) is 46.6 Å². The average molecular weight is 442 g/mol. The Bertz CT molecular complexity index is 1250. The fourth-order valence-corrected chi connectivity index (χ4v) is 4.94. The lowest BCUT2D eigenvalue weighted by atomic mass is 9.87. The average Bonchev–Trinajstić information content (AvgIpc) is 3.21. The van der Waals surface area contributed by atoms with Gasteiger partial charge in [0, 0.05) is 29.6 Å². The predicted octanol–water partition coefficient (Wildman–Crippen LogP) is 4.59. The van der Waals surface area contributed by atoms with Gasteiger partial charge >= 0.3 is 0 Å². The van der Waals surface area contributed by atoms with E-state index >= 15 is 0 Å². The Morgan fingerprint density at radius 1 is 1.09 bits per heavy atom. The summed E-state index contributed by atoms with van der Waals surface area (Å²) in [6.07, 6.45) is 18.1. The maximum absolute atomic E-state index is 13.3. The number of aryl methyl sites for hydroxylation is 2. The molecular formula is C27H31N5O. The van der Waals surface area contributed by atoms with Crippen molar-refractivity contribution in [3.05, 3.63) is 83.3 Å². The highest BCUT2D eigenvalue weighted by atomic mass is 16.2. The second-order valence-corrected chi connectivity index (χ2v) is 9.45. The first-order chi connectivity index (χ1) is 15.9. The summed E-state index contributed by atoms with van der Waals surface area (Å²) < 4.78 is 1.84. The van der Waals surface area contributed by atoms with Gasteiger partial charge in [0.25, 0.3) is 5.91 Å². The number of aromatic nitrogens is 3. The molecule has 0 unspecified atom stereocenters. The van der Waals surface area contributed by atoms with Gasteiger partial charge < -0.3 is 4.90 Å². The van der Waals surface area contributed by atoms with E-state index in [9.17, 15) is 4.79 Å². The van der Waals surface area contributed by atoms with Crippen LogP contribution in [-0.2, 0) is 4.79 Å². The molecule has 3 aliphatic rings. The van der Waals surface area contributed by atoms with Crippen molar-refractivity contribution in [1.29, 1.82) is 0 Å². The van der Waals surface area contributed by atoms with Crippen molar-refractivity contribution in [2.24, 2.45) is 5.92 Å². The Hall–Kier alpha value is -3.25. The van der Waals surface area contributed by atoms with Crippen molar-refractivity contribution in [3.8, 4) is 0 Å². The summed E-state index contributed by atoms with van der Waals surface area (Å²) in [5.74, 6) is 0.442. The van der Waals surface area contributed by atoms with Gasteiger partial charge in [-0.3, -0.25) is 14.7 Å². The van der Waals surface area contributed by atoms with E-state index in [1.54, 1.807) is 11.0 Å². The zero-order valence-corrected chi connectivity index (χ0v) is 19.8. The molecule has 6 heteroatoms. The van der Waals surface area contributed by atoms with Crippen LogP contribution in [-0.4, -0.2) is 49.4 Å². The number of hydrogen-bond donors (Lipinski definition) is 0. The van der Waals surface area contributed by atoms with Crippen LogP contribution in [0.3, 0.4) is 0 Å². The maximum Gasteiger partial charge on any atom is 0.255 e. The fourth-order valence-electron chi connectivity index (χ4n) is 4.94. The minimum absolute atomic E-state index is 0.0508. The van der Waals surface area contributed by atoms with Crippen LogP contribution in [0, 0.1) is 19.8 Å². The predicted molar refractivity (Wildman–Crippen MR) is 131 cm³/mol. The molecule has 1 fully saturated rings. The van der Waals surface area contributed by atoms with E-state index in [2.05, 4.69) is 35.9 Å². The van der Waals surface area contributed by atoms with Crippen LogP contribution in [0.1, 0.15) is 43.8 Å². The first-order valence-corrected chi connectivity index (χ1v) is 11.8. The molecule has 33 heavy (non-hydrogen) atoms. The Labute approximate surface area is 195 Å². The smallest absolute Gasteiger partial charge is 0.255 e. The van der Waals surface area contributed by atoms with E-state index in [4.69, 9.17) is 5.10 Å². The highest BCUT2D eigenvalue weighted by Gasteiger charge is 2.26. The number of allylic oxidation sites excluding steroid dienone is 7. The number of likely N-dealkylation sites (tertiary alicyclic amines) is 1. The third kappa shape index (κ3) is 4.23. The van der Waals surface area contributed by atoms with Gasteiger partial charge in [-0.2, -0.15) is 5.10 Å². The molecule has 3 aliphatic heterocycles. The Kier molecular flexibility index (Phi) is 5.62. The fraction of sp³-hybridized carbons (Fsp3) is 0.370. The Morgan fingerprint density at radius 2 is 1.88 bits per heavy atom. The summed E-state index contributed by atoms with van der Waals surface area (Å²) in [4.78, 5) is 22.2. The van der Waals surface area contributed by atoms with E-state index in [1.807, 2.05) is 55.1 Å². The molecule has 5 rings (SSSR count). The van der Waals surface area contributed by atoms with Gasteiger partial charge in [0.05, 0.1) is 28.8 Å². The van der Waals surface area contributed by atoms with Crippen LogP contribution in [0.2, 0.25) is 0 Å². The van der Waals surface area contributed by atoms with Crippen molar-refractivity contribution < 1.29 is 4.79 Å². The highest BCUT2D eigenvalue weighted by Crippen LogP contribution is 2.31. The summed E-state index contributed by atoms with van der Waals surface area (Å²) in [6, 6.07) is 2.59. The van der Waals surface area contributed by atoms with E-state index in [1.165, 1.54) is 5.57 Å². The molecule has 0 radical (unpaired) electrons. The molecule has 0 saturated carbocycles. The lowest BCUT2D eigenvalue weighted by Gasteiger charge is -2.36. The quantitative estimate of drug-likeness (QED) is 0.699. The first kappa shape index (κ1) is 21.6. The monoisotopic (exact) mass is 441 g/mol. The van der Waals surface area contributed by atoms with Crippen molar-refractivity contribution in [2.75, 3.05) is 13.1 Å². The molecule has 1 saturated heterocycles. The second-order valence-electron chi connectivity index (χ2n) is 9.45. The normalized spacial score (nSPS) is 21.5. The first-order valence-electron chi connectivity index (χ1n) is 11.8. The standard InChI is InChI=1S/C27H31N5O/c1-18(2)30-12-10-21(11-13-30)23-8-9-24-7-5-6-22(14-27(33)31(24)17-23)25-15-26-20(4)28-19(3)16-32(26)29-25/h5-9,14-18,21H,10-13H2,1-4H3/b6-5?,22-14?,24-7+. The molecule has 0 bridgehead atoms. The molecule has 0 aromatic carbocycles. The minimum atomic E-state index is -0.0508. The summed E-state index contributed by atoms with van der Waals surface area (Å²) in [7, 11) is 0. The number of carbonyl (C=O) groups is 1. The lowest BCUT2D eigenvalue weighted by Crippen LogP contribution is -2.39. The Morgan fingerprint density at radius 3 is 2.64 bits per heavy atom. The largest absolute Gasteiger partial charge is 0.301 e. The van der Waals surface area contributed by atoms with Crippen molar-refractivity contribution >= 4 is 17.0 Å². The third-order valence-electron chi connectivity index (χ3n) is 6.85. The minimum Gasteiger partial charge on any atom is -0.301 e. The number of nitrogens with zero attached hydrogens (tertiary/aromatic N) is 5. The van der Waals surface area contributed by atoms with E-state index < -0.39 is 0 Å². The topological polar surface area (TPSA) is 53.7 Å². The van der Waals surface area contributed by atoms with Crippen molar-refractivity contribution in [3.63, 3.8) is 0 Å². The van der Waals surface area contributed by atoms with Gasteiger partial charge in [-0.1, -0.05) is 18.2 Å².